The Morgan fingerprint density at radius 2 is 1.80 bits per heavy atom. The first-order valence-corrected chi connectivity index (χ1v) is 8.16. The van der Waals surface area contributed by atoms with Crippen molar-refractivity contribution in [2.45, 2.75) is 11.3 Å². The van der Waals surface area contributed by atoms with Gasteiger partial charge in [-0.05, 0) is 24.6 Å². The summed E-state index contributed by atoms with van der Waals surface area (Å²) in [5.74, 6) is -2.60. The van der Waals surface area contributed by atoms with Gasteiger partial charge in [-0.1, -0.05) is 11.1 Å². The van der Waals surface area contributed by atoms with Crippen molar-refractivity contribution in [1.82, 2.24) is 0 Å². The van der Waals surface area contributed by atoms with Gasteiger partial charge in [0.15, 0.2) is 11.6 Å². The molecule has 0 spiro atoms. The second-order valence-electron chi connectivity index (χ2n) is 4.26. The molecule has 1 aromatic carbocycles. The van der Waals surface area contributed by atoms with Crippen LogP contribution >= 0.6 is 0 Å². The highest BCUT2D eigenvalue weighted by Gasteiger charge is 2.38. The third-order valence-corrected chi connectivity index (χ3v) is 4.44. The van der Waals surface area contributed by atoms with Crippen LogP contribution in [0.4, 0.5) is 0 Å². The highest BCUT2D eigenvalue weighted by atomic mass is 32.2. The summed E-state index contributed by atoms with van der Waals surface area (Å²) >= 11 is -2.37. The van der Waals surface area contributed by atoms with E-state index in [0.29, 0.717) is 0 Å². The Kier molecular flexibility index (Phi) is 3.87. The molecule has 2 atom stereocenters. The van der Waals surface area contributed by atoms with Crippen molar-refractivity contribution in [3.05, 3.63) is 29.3 Å². The van der Waals surface area contributed by atoms with E-state index in [1.165, 1.54) is 0 Å². The van der Waals surface area contributed by atoms with Crippen molar-refractivity contribution in [3.8, 4) is 0 Å². The molecule has 0 amide bonds. The summed E-state index contributed by atoms with van der Waals surface area (Å²) in [6.45, 7) is 0. The summed E-state index contributed by atoms with van der Waals surface area (Å²) in [6, 6.07) is 3.10. The van der Waals surface area contributed by atoms with Crippen LogP contribution in [0.25, 0.3) is 0 Å². The van der Waals surface area contributed by atoms with Crippen LogP contribution in [0, 0.1) is 5.92 Å². The number of hydrogen-bond donors (Lipinski definition) is 1. The van der Waals surface area contributed by atoms with E-state index in [-0.39, 0.29) is 23.3 Å². The zero-order valence-corrected chi connectivity index (χ0v) is 11.6. The number of ketones is 2. The van der Waals surface area contributed by atoms with Crippen LogP contribution in [0.15, 0.2) is 23.1 Å². The van der Waals surface area contributed by atoms with Gasteiger partial charge in [-0.3, -0.25) is 18.4 Å². The highest BCUT2D eigenvalue weighted by Crippen LogP contribution is 2.30. The van der Waals surface area contributed by atoms with E-state index in [9.17, 15) is 26.8 Å². The molecule has 9 heteroatoms. The molecule has 0 saturated carbocycles. The first-order chi connectivity index (χ1) is 9.21. The van der Waals surface area contributed by atoms with Crippen LogP contribution in [-0.4, -0.2) is 39.1 Å². The van der Waals surface area contributed by atoms with E-state index >= 15 is 0 Å². The summed E-state index contributed by atoms with van der Waals surface area (Å²) in [6.07, 6.45) is -0.149. The summed E-state index contributed by atoms with van der Waals surface area (Å²) in [7, 11) is -4.47. The van der Waals surface area contributed by atoms with E-state index in [1.54, 1.807) is 0 Å². The van der Waals surface area contributed by atoms with Crippen LogP contribution in [0.3, 0.4) is 0 Å². The van der Waals surface area contributed by atoms with Gasteiger partial charge < -0.3 is 4.55 Å². The molecule has 1 aliphatic rings. The fraction of sp³-hybridized carbons (Fsp3) is 0.273. The van der Waals surface area contributed by atoms with Crippen LogP contribution in [0.2, 0.25) is 0 Å². The molecule has 1 aliphatic carbocycles. The third-order valence-electron chi connectivity index (χ3n) is 3.03. The number of rotatable bonds is 4. The summed E-state index contributed by atoms with van der Waals surface area (Å²) in [5.41, 5.74) is -0.0594. The fourth-order valence-corrected chi connectivity index (χ4v) is 3.01. The van der Waals surface area contributed by atoms with E-state index in [0.717, 1.165) is 18.2 Å². The first kappa shape index (κ1) is 15.0. The topological polar surface area (TPSA) is 129 Å². The van der Waals surface area contributed by atoms with Gasteiger partial charge in [0.05, 0.1) is 10.8 Å². The molecule has 0 bridgehead atoms. The molecule has 1 N–H and O–H groups in total. The molecule has 7 nitrogen and oxygen atoms in total. The van der Waals surface area contributed by atoms with Gasteiger partial charge in [-0.15, -0.1) is 0 Å². The maximum Gasteiger partial charge on any atom is 0.294 e. The Bertz CT molecular complexity index is 720. The van der Waals surface area contributed by atoms with E-state index in [4.69, 9.17) is 4.55 Å². The van der Waals surface area contributed by atoms with Gasteiger partial charge >= 0.3 is 0 Å². The van der Waals surface area contributed by atoms with Crippen LogP contribution in [0.5, 0.6) is 0 Å². The first-order valence-electron chi connectivity index (χ1n) is 5.47. The quantitative estimate of drug-likeness (QED) is 0.477. The molecule has 0 saturated heterocycles. The number of Topliss-reactive ketones (excluding diaryl/α,β-unsaturated/α-hetero) is 2. The average Bonchev–Trinajstić information content (AvgIpc) is 2.58. The Morgan fingerprint density at radius 1 is 1.20 bits per heavy atom. The van der Waals surface area contributed by atoms with Crippen molar-refractivity contribution in [3.63, 3.8) is 0 Å². The van der Waals surface area contributed by atoms with E-state index < -0.39 is 43.6 Å². The number of fused-ring (bicyclic) bond motifs is 1. The van der Waals surface area contributed by atoms with Gasteiger partial charge in [0.1, 0.15) is 0 Å². The lowest BCUT2D eigenvalue weighted by molar-refractivity contribution is 0.0836. The highest BCUT2D eigenvalue weighted by molar-refractivity contribution is 7.85. The minimum atomic E-state index is -4.47. The Morgan fingerprint density at radius 3 is 2.35 bits per heavy atom. The molecule has 20 heavy (non-hydrogen) atoms. The largest absolute Gasteiger partial charge is 0.772 e. The van der Waals surface area contributed by atoms with Crippen LogP contribution in [0.1, 0.15) is 27.1 Å². The predicted octanol–water partition coefficient (Wildman–Crippen LogP) is 0.198. The molecular formula is C11H9O7S2-. The fourth-order valence-electron chi connectivity index (χ4n) is 2.07. The summed E-state index contributed by atoms with van der Waals surface area (Å²) in [5, 5.41) is 0. The van der Waals surface area contributed by atoms with Crippen molar-refractivity contribution < 1.29 is 31.3 Å². The average molecular weight is 317 g/mol. The molecule has 0 fully saturated rings. The summed E-state index contributed by atoms with van der Waals surface area (Å²) < 4.78 is 51.9. The summed E-state index contributed by atoms with van der Waals surface area (Å²) in [4.78, 5) is 23.5. The lowest BCUT2D eigenvalue weighted by Gasteiger charge is -2.08. The minimum absolute atomic E-state index is 0.0454. The lowest BCUT2D eigenvalue weighted by Crippen LogP contribution is -2.17. The third kappa shape index (κ3) is 2.70. The van der Waals surface area contributed by atoms with E-state index in [1.807, 2.05) is 0 Å². The Labute approximate surface area is 117 Å². The van der Waals surface area contributed by atoms with Gasteiger partial charge in [0.25, 0.3) is 10.1 Å². The van der Waals surface area contributed by atoms with Crippen molar-refractivity contribution >= 4 is 32.8 Å². The van der Waals surface area contributed by atoms with Gasteiger partial charge in [0, 0.05) is 16.9 Å². The number of carbonyl (C=O) groups is 2. The minimum Gasteiger partial charge on any atom is -0.772 e. The zero-order chi connectivity index (χ0) is 15.1. The molecule has 0 heterocycles. The standard InChI is InChI=1S/C11H10O7S2/c12-10-7-2-1-6(20(16,17)18)5-9(7)11(13)8(10)3-4-19(14)15/h1-2,5,8H,3-4H2,(H,14,15)(H,16,17,18)/p-1. The van der Waals surface area contributed by atoms with Crippen molar-refractivity contribution in [2.24, 2.45) is 5.92 Å². The molecule has 108 valence electrons. The van der Waals surface area contributed by atoms with Gasteiger partial charge in [-0.2, -0.15) is 8.42 Å². The number of carbonyl (C=O) groups excluding carboxylic acids is 2. The zero-order valence-electron chi connectivity index (χ0n) is 9.94. The molecular weight excluding hydrogens is 308 g/mol. The smallest absolute Gasteiger partial charge is 0.294 e. The maximum atomic E-state index is 12.0. The van der Waals surface area contributed by atoms with Gasteiger partial charge in [0.2, 0.25) is 0 Å². The second-order valence-corrected chi connectivity index (χ2v) is 6.70. The Balaban J connectivity index is 2.39. The molecule has 0 aromatic heterocycles. The predicted molar refractivity (Wildman–Crippen MR) is 66.8 cm³/mol. The van der Waals surface area contributed by atoms with Crippen molar-refractivity contribution in [1.29, 1.82) is 0 Å². The molecule has 1 aromatic rings. The maximum absolute atomic E-state index is 12.0. The SMILES string of the molecule is O=C1c2ccc(S(=O)(=O)O)cc2C(=O)C1CCS(=O)[O-]. The van der Waals surface area contributed by atoms with Crippen LogP contribution < -0.4 is 0 Å². The molecule has 2 rings (SSSR count). The van der Waals surface area contributed by atoms with E-state index in [2.05, 4.69) is 0 Å². The lowest BCUT2D eigenvalue weighted by atomic mass is 10.0. The van der Waals surface area contributed by atoms with Gasteiger partial charge in [-0.25, -0.2) is 0 Å². The number of hydrogen-bond acceptors (Lipinski definition) is 6. The molecule has 0 aliphatic heterocycles. The Hall–Kier alpha value is -1.42. The normalized spacial score (nSPS) is 20.0. The molecule has 2 unspecified atom stereocenters. The number of benzene rings is 1. The van der Waals surface area contributed by atoms with Crippen molar-refractivity contribution in [2.75, 3.05) is 5.75 Å². The monoisotopic (exact) mass is 317 g/mol. The van der Waals surface area contributed by atoms with Crippen LogP contribution in [-0.2, 0) is 21.2 Å². The second kappa shape index (κ2) is 5.17. The molecule has 0 radical (unpaired) electrons.